The Hall–Kier alpha value is -2.49. The molecule has 0 amide bonds. The first-order valence-electron chi connectivity index (χ1n) is 11.8. The van der Waals surface area contributed by atoms with Gasteiger partial charge < -0.3 is 14.2 Å². The van der Waals surface area contributed by atoms with Gasteiger partial charge in [0.1, 0.15) is 18.1 Å². The number of benzene rings is 2. The molecule has 0 radical (unpaired) electrons. The lowest BCUT2D eigenvalue weighted by Crippen LogP contribution is -2.32. The second kappa shape index (κ2) is 12.4. The molecule has 168 valence electrons. The van der Waals surface area contributed by atoms with Crippen molar-refractivity contribution in [1.29, 1.82) is 0 Å². The van der Waals surface area contributed by atoms with Crippen molar-refractivity contribution >= 4 is 5.97 Å². The van der Waals surface area contributed by atoms with Gasteiger partial charge in [-0.05, 0) is 49.9 Å². The van der Waals surface area contributed by atoms with Crippen LogP contribution in [0.3, 0.4) is 0 Å². The fourth-order valence-electron chi connectivity index (χ4n) is 3.88. The third-order valence-electron chi connectivity index (χ3n) is 5.83. The van der Waals surface area contributed by atoms with Gasteiger partial charge in [-0.25, -0.2) is 0 Å². The van der Waals surface area contributed by atoms with Crippen LogP contribution in [0, 0.1) is 5.92 Å². The normalized spacial score (nSPS) is 18.5. The Labute approximate surface area is 186 Å². The molecule has 3 rings (SSSR count). The van der Waals surface area contributed by atoms with Crippen LogP contribution in [-0.2, 0) is 9.53 Å². The summed E-state index contributed by atoms with van der Waals surface area (Å²) in [5.41, 5.74) is 2.09. The summed E-state index contributed by atoms with van der Waals surface area (Å²) in [6.45, 7) is 5.29. The standard InChI is InChI=1S/C27H36O4/c1-3-4-5-6-7-10-19-29-24-17-15-22(16-18-24)25-11-8-9-12-26(25)30-20-23-14-13-21(2)31-27(23)28/h8-9,11-12,15-18,21,23H,3-7,10,13-14,19-20H2,1-2H3/t21-,23+/m1/s1. The van der Waals surface area contributed by atoms with Gasteiger partial charge in [0.05, 0.1) is 18.6 Å². The van der Waals surface area contributed by atoms with E-state index in [9.17, 15) is 4.79 Å². The number of ether oxygens (including phenoxy) is 3. The summed E-state index contributed by atoms with van der Waals surface area (Å²) < 4.78 is 17.3. The Bertz CT molecular complexity index is 799. The molecule has 31 heavy (non-hydrogen) atoms. The summed E-state index contributed by atoms with van der Waals surface area (Å²) in [5.74, 6) is 1.34. The zero-order valence-electron chi connectivity index (χ0n) is 19.0. The van der Waals surface area contributed by atoms with Crippen molar-refractivity contribution in [2.24, 2.45) is 5.92 Å². The molecule has 1 fully saturated rings. The summed E-state index contributed by atoms with van der Waals surface area (Å²) in [5, 5.41) is 0. The lowest BCUT2D eigenvalue weighted by Gasteiger charge is -2.26. The highest BCUT2D eigenvalue weighted by atomic mass is 16.5. The summed E-state index contributed by atoms with van der Waals surface area (Å²) in [7, 11) is 0. The molecule has 2 atom stereocenters. The minimum Gasteiger partial charge on any atom is -0.494 e. The first-order chi connectivity index (χ1) is 15.2. The molecule has 1 heterocycles. The van der Waals surface area contributed by atoms with E-state index >= 15 is 0 Å². The third-order valence-corrected chi connectivity index (χ3v) is 5.83. The fraction of sp³-hybridized carbons (Fsp3) is 0.519. The van der Waals surface area contributed by atoms with Crippen LogP contribution in [-0.4, -0.2) is 25.3 Å². The van der Waals surface area contributed by atoms with Gasteiger partial charge in [-0.2, -0.15) is 0 Å². The Morgan fingerprint density at radius 3 is 2.42 bits per heavy atom. The monoisotopic (exact) mass is 424 g/mol. The molecule has 2 aromatic rings. The van der Waals surface area contributed by atoms with Crippen molar-refractivity contribution in [3.05, 3.63) is 48.5 Å². The average molecular weight is 425 g/mol. The molecule has 1 saturated heterocycles. The lowest BCUT2D eigenvalue weighted by molar-refractivity contribution is -0.160. The van der Waals surface area contributed by atoms with Crippen LogP contribution < -0.4 is 9.47 Å². The topological polar surface area (TPSA) is 44.8 Å². The van der Waals surface area contributed by atoms with Gasteiger partial charge in [-0.3, -0.25) is 4.79 Å². The summed E-state index contributed by atoms with van der Waals surface area (Å²) >= 11 is 0. The first-order valence-corrected chi connectivity index (χ1v) is 11.8. The highest BCUT2D eigenvalue weighted by Gasteiger charge is 2.28. The van der Waals surface area contributed by atoms with E-state index in [1.807, 2.05) is 43.3 Å². The van der Waals surface area contributed by atoms with E-state index in [2.05, 4.69) is 19.1 Å². The van der Waals surface area contributed by atoms with Gasteiger partial charge in [-0.15, -0.1) is 0 Å². The van der Waals surface area contributed by atoms with Gasteiger partial charge in [-0.1, -0.05) is 69.4 Å². The van der Waals surface area contributed by atoms with Crippen LogP contribution in [0.15, 0.2) is 48.5 Å². The molecular formula is C27H36O4. The van der Waals surface area contributed by atoms with Crippen LogP contribution in [0.2, 0.25) is 0 Å². The van der Waals surface area contributed by atoms with E-state index in [1.54, 1.807) is 0 Å². The minimum atomic E-state index is -0.193. The SMILES string of the molecule is CCCCCCCCOc1ccc(-c2ccccc2OC[C@@H]2CC[C@@H](C)OC2=O)cc1. The van der Waals surface area contributed by atoms with E-state index < -0.39 is 0 Å². The molecule has 4 nitrogen and oxygen atoms in total. The molecule has 1 aliphatic heterocycles. The number of unbranched alkanes of at least 4 members (excludes halogenated alkanes) is 5. The molecule has 0 aliphatic carbocycles. The van der Waals surface area contributed by atoms with Crippen molar-refractivity contribution in [2.45, 2.75) is 71.3 Å². The second-order valence-electron chi connectivity index (χ2n) is 8.47. The zero-order chi connectivity index (χ0) is 21.9. The van der Waals surface area contributed by atoms with Crippen LogP contribution in [0.1, 0.15) is 65.2 Å². The van der Waals surface area contributed by atoms with Crippen LogP contribution >= 0.6 is 0 Å². The lowest BCUT2D eigenvalue weighted by atomic mass is 9.99. The molecule has 0 unspecified atom stereocenters. The smallest absolute Gasteiger partial charge is 0.312 e. The Morgan fingerprint density at radius 1 is 0.903 bits per heavy atom. The van der Waals surface area contributed by atoms with Crippen LogP contribution in [0.5, 0.6) is 11.5 Å². The minimum absolute atomic E-state index is 0.0119. The maximum absolute atomic E-state index is 12.1. The predicted octanol–water partition coefficient (Wildman–Crippen LogP) is 6.81. The molecule has 0 spiro atoms. The number of para-hydroxylation sites is 1. The molecule has 2 aromatic carbocycles. The summed E-state index contributed by atoms with van der Waals surface area (Å²) in [6.07, 6.45) is 9.28. The van der Waals surface area contributed by atoms with E-state index in [4.69, 9.17) is 14.2 Å². The fourth-order valence-corrected chi connectivity index (χ4v) is 3.88. The Balaban J connectivity index is 1.51. The molecule has 4 heteroatoms. The van der Waals surface area contributed by atoms with Crippen molar-refractivity contribution in [3.63, 3.8) is 0 Å². The third kappa shape index (κ3) is 7.30. The Kier molecular flexibility index (Phi) is 9.26. The number of rotatable bonds is 12. The van der Waals surface area contributed by atoms with Gasteiger partial charge >= 0.3 is 5.97 Å². The molecule has 0 bridgehead atoms. The Morgan fingerprint density at radius 2 is 1.65 bits per heavy atom. The number of hydrogen-bond acceptors (Lipinski definition) is 4. The predicted molar refractivity (Wildman–Crippen MR) is 125 cm³/mol. The van der Waals surface area contributed by atoms with Gasteiger partial charge in [0.15, 0.2) is 0 Å². The molecule has 0 N–H and O–H groups in total. The quantitative estimate of drug-likeness (QED) is 0.277. The molecule has 0 saturated carbocycles. The van der Waals surface area contributed by atoms with E-state index in [0.717, 1.165) is 48.5 Å². The summed E-state index contributed by atoms with van der Waals surface area (Å²) in [6, 6.07) is 16.1. The number of cyclic esters (lactones) is 1. The number of esters is 1. The number of carbonyl (C=O) groups is 1. The van der Waals surface area contributed by atoms with E-state index in [-0.39, 0.29) is 18.0 Å². The number of carbonyl (C=O) groups excluding carboxylic acids is 1. The highest BCUT2D eigenvalue weighted by Crippen LogP contribution is 2.32. The van der Waals surface area contributed by atoms with Crippen LogP contribution in [0.25, 0.3) is 11.1 Å². The second-order valence-corrected chi connectivity index (χ2v) is 8.47. The number of hydrogen-bond donors (Lipinski definition) is 0. The van der Waals surface area contributed by atoms with Gasteiger partial charge in [0.2, 0.25) is 0 Å². The van der Waals surface area contributed by atoms with E-state index in [1.165, 1.54) is 32.1 Å². The average Bonchev–Trinajstić information content (AvgIpc) is 2.79. The molecule has 1 aliphatic rings. The zero-order valence-corrected chi connectivity index (χ0v) is 19.0. The van der Waals surface area contributed by atoms with Crippen LogP contribution in [0.4, 0.5) is 0 Å². The highest BCUT2D eigenvalue weighted by molar-refractivity contribution is 5.74. The first kappa shape index (κ1) is 23.2. The largest absolute Gasteiger partial charge is 0.494 e. The van der Waals surface area contributed by atoms with Crippen molar-refractivity contribution in [1.82, 2.24) is 0 Å². The summed E-state index contributed by atoms with van der Waals surface area (Å²) in [4.78, 5) is 12.1. The maximum atomic E-state index is 12.1. The van der Waals surface area contributed by atoms with Crippen molar-refractivity contribution in [2.75, 3.05) is 13.2 Å². The maximum Gasteiger partial charge on any atom is 0.312 e. The molecular weight excluding hydrogens is 388 g/mol. The van der Waals surface area contributed by atoms with Gasteiger partial charge in [0.25, 0.3) is 0 Å². The van der Waals surface area contributed by atoms with Crippen molar-refractivity contribution in [3.8, 4) is 22.6 Å². The molecule has 0 aromatic heterocycles. The van der Waals surface area contributed by atoms with Gasteiger partial charge in [0, 0.05) is 5.56 Å². The van der Waals surface area contributed by atoms with Crippen molar-refractivity contribution < 1.29 is 19.0 Å². The van der Waals surface area contributed by atoms with E-state index in [0.29, 0.717) is 6.61 Å².